The number of carbonyl (C=O) groups excluding carboxylic acids is 2. The van der Waals surface area contributed by atoms with Crippen molar-refractivity contribution in [2.45, 2.75) is 45.3 Å². The number of pyridine rings is 1. The number of benzene rings is 1. The first-order chi connectivity index (χ1) is 15.3. The van der Waals surface area contributed by atoms with E-state index in [1.54, 1.807) is 11.1 Å². The van der Waals surface area contributed by atoms with Crippen LogP contribution in [0.3, 0.4) is 0 Å². The number of nitrogens with zero attached hydrogens (tertiary/aromatic N) is 4. The molecule has 4 rings (SSSR count). The molecule has 32 heavy (non-hydrogen) atoms. The highest BCUT2D eigenvalue weighted by Crippen LogP contribution is 2.37. The van der Waals surface area contributed by atoms with Gasteiger partial charge in [0.15, 0.2) is 0 Å². The van der Waals surface area contributed by atoms with Crippen LogP contribution in [0.1, 0.15) is 55.6 Å². The van der Waals surface area contributed by atoms with Crippen LogP contribution in [0.15, 0.2) is 48.7 Å². The quantitative estimate of drug-likeness (QED) is 0.724. The lowest BCUT2D eigenvalue weighted by Gasteiger charge is -2.37. The van der Waals surface area contributed by atoms with Gasteiger partial charge in [-0.2, -0.15) is 0 Å². The molecule has 0 N–H and O–H groups in total. The van der Waals surface area contributed by atoms with Crippen molar-refractivity contribution in [2.75, 3.05) is 37.6 Å². The zero-order valence-electron chi connectivity index (χ0n) is 19.2. The summed E-state index contributed by atoms with van der Waals surface area (Å²) >= 11 is 0. The number of likely N-dealkylation sites (tertiary alicyclic amines) is 1. The van der Waals surface area contributed by atoms with Crippen LogP contribution in [0.5, 0.6) is 0 Å². The summed E-state index contributed by atoms with van der Waals surface area (Å²) in [5.41, 5.74) is 1.30. The number of anilines is 1. The molecule has 7 heteroatoms. The first-order valence-corrected chi connectivity index (χ1v) is 11.4. The Morgan fingerprint density at radius 1 is 0.969 bits per heavy atom. The predicted octanol–water partition coefficient (Wildman–Crippen LogP) is 4.12. The normalized spacial score (nSPS) is 19.2. The lowest BCUT2D eigenvalue weighted by atomic mass is 10.0. The number of amides is 2. The summed E-state index contributed by atoms with van der Waals surface area (Å²) in [6.45, 7) is 8.93. The Hall–Kier alpha value is -3.09. The van der Waals surface area contributed by atoms with E-state index >= 15 is 0 Å². The largest absolute Gasteiger partial charge is 0.444 e. The van der Waals surface area contributed by atoms with Crippen molar-refractivity contribution < 1.29 is 14.3 Å². The molecule has 0 spiro atoms. The maximum Gasteiger partial charge on any atom is 0.410 e. The van der Waals surface area contributed by atoms with Crippen molar-refractivity contribution in [2.24, 2.45) is 0 Å². The summed E-state index contributed by atoms with van der Waals surface area (Å²) in [7, 11) is 0. The third kappa shape index (κ3) is 4.87. The van der Waals surface area contributed by atoms with Crippen molar-refractivity contribution in [3.8, 4) is 0 Å². The van der Waals surface area contributed by atoms with Gasteiger partial charge in [0.25, 0.3) is 5.91 Å². The van der Waals surface area contributed by atoms with Crippen molar-refractivity contribution >= 4 is 17.8 Å². The third-order valence-corrected chi connectivity index (χ3v) is 5.94. The first kappa shape index (κ1) is 22.1. The highest BCUT2D eigenvalue weighted by atomic mass is 16.6. The summed E-state index contributed by atoms with van der Waals surface area (Å²) in [6.07, 6.45) is 3.44. The van der Waals surface area contributed by atoms with E-state index in [0.717, 1.165) is 36.3 Å². The number of hydrogen-bond donors (Lipinski definition) is 0. The van der Waals surface area contributed by atoms with Crippen LogP contribution < -0.4 is 4.90 Å². The van der Waals surface area contributed by atoms with E-state index in [0.29, 0.717) is 26.2 Å². The van der Waals surface area contributed by atoms with Gasteiger partial charge in [0.05, 0.1) is 6.04 Å². The van der Waals surface area contributed by atoms with E-state index in [-0.39, 0.29) is 18.0 Å². The van der Waals surface area contributed by atoms with Crippen molar-refractivity contribution in [3.05, 3.63) is 59.8 Å². The lowest BCUT2D eigenvalue weighted by Crippen LogP contribution is -2.50. The molecule has 0 bridgehead atoms. The fraction of sp³-hybridized carbons (Fsp3) is 0.480. The molecule has 2 aliphatic heterocycles. The molecule has 0 radical (unpaired) electrons. The molecule has 0 aliphatic carbocycles. The highest BCUT2D eigenvalue weighted by molar-refractivity contribution is 5.94. The van der Waals surface area contributed by atoms with E-state index in [9.17, 15) is 9.59 Å². The van der Waals surface area contributed by atoms with E-state index in [4.69, 9.17) is 9.72 Å². The van der Waals surface area contributed by atoms with Crippen LogP contribution in [-0.2, 0) is 4.74 Å². The zero-order valence-corrected chi connectivity index (χ0v) is 19.2. The highest BCUT2D eigenvalue weighted by Gasteiger charge is 2.34. The molecule has 7 nitrogen and oxygen atoms in total. The maximum absolute atomic E-state index is 13.2. The minimum atomic E-state index is -0.500. The van der Waals surface area contributed by atoms with Gasteiger partial charge in [0.2, 0.25) is 0 Å². The molecule has 1 aromatic carbocycles. The summed E-state index contributed by atoms with van der Waals surface area (Å²) in [6, 6.07) is 13.5. The van der Waals surface area contributed by atoms with Crippen LogP contribution in [0, 0.1) is 0 Å². The van der Waals surface area contributed by atoms with E-state index in [1.165, 1.54) is 0 Å². The second-order valence-electron chi connectivity index (χ2n) is 9.39. The number of rotatable bonds is 3. The van der Waals surface area contributed by atoms with Gasteiger partial charge in [-0.3, -0.25) is 4.79 Å². The Morgan fingerprint density at radius 2 is 1.69 bits per heavy atom. The Labute approximate surface area is 190 Å². The molecule has 3 heterocycles. The van der Waals surface area contributed by atoms with E-state index < -0.39 is 5.60 Å². The Bertz CT molecular complexity index is 949. The summed E-state index contributed by atoms with van der Waals surface area (Å²) in [5, 5.41) is 0. The summed E-state index contributed by atoms with van der Waals surface area (Å²) < 4.78 is 5.51. The number of carbonyl (C=O) groups is 2. The Balaban J connectivity index is 1.49. The smallest absolute Gasteiger partial charge is 0.410 e. The van der Waals surface area contributed by atoms with Crippen LogP contribution in [0.4, 0.5) is 10.6 Å². The van der Waals surface area contributed by atoms with E-state index in [2.05, 4.69) is 11.0 Å². The fourth-order valence-corrected chi connectivity index (χ4v) is 4.44. The zero-order chi connectivity index (χ0) is 22.7. The van der Waals surface area contributed by atoms with Gasteiger partial charge >= 0.3 is 6.09 Å². The van der Waals surface area contributed by atoms with Crippen molar-refractivity contribution in [1.82, 2.24) is 14.8 Å². The molecule has 1 unspecified atom stereocenters. The molecule has 1 atom stereocenters. The van der Waals surface area contributed by atoms with Crippen LogP contribution >= 0.6 is 0 Å². The molecule has 2 aliphatic rings. The molecule has 2 saturated heterocycles. The summed E-state index contributed by atoms with van der Waals surface area (Å²) in [5.74, 6) is 0.978. The topological polar surface area (TPSA) is 66.0 Å². The number of hydrogen-bond acceptors (Lipinski definition) is 5. The lowest BCUT2D eigenvalue weighted by molar-refractivity contribution is 0.0240. The van der Waals surface area contributed by atoms with Gasteiger partial charge < -0.3 is 19.4 Å². The number of aromatic nitrogens is 1. The predicted molar refractivity (Wildman–Crippen MR) is 124 cm³/mol. The molecule has 2 aromatic rings. The van der Waals surface area contributed by atoms with Crippen LogP contribution in [0.2, 0.25) is 0 Å². The van der Waals surface area contributed by atoms with Gasteiger partial charge in [0, 0.05) is 50.0 Å². The number of piperazine rings is 1. The SMILES string of the molecule is CC(C)(C)OC(=O)N1CCN(c2ncccc2C2CCCN2C(=O)c2ccccc2)CC1. The first-order valence-electron chi connectivity index (χ1n) is 11.4. The minimum Gasteiger partial charge on any atom is -0.444 e. The number of ether oxygens (including phenoxy) is 1. The van der Waals surface area contributed by atoms with Crippen molar-refractivity contribution in [1.29, 1.82) is 0 Å². The second kappa shape index (κ2) is 9.18. The van der Waals surface area contributed by atoms with Gasteiger partial charge in [-0.15, -0.1) is 0 Å². The minimum absolute atomic E-state index is 0.00953. The Kier molecular flexibility index (Phi) is 6.35. The third-order valence-electron chi connectivity index (χ3n) is 5.94. The Morgan fingerprint density at radius 3 is 2.38 bits per heavy atom. The standard InChI is InChI=1S/C25H32N4O3/c1-25(2,3)32-24(31)28-17-15-27(16-18-28)22-20(11-7-13-26-22)21-12-8-14-29(21)23(30)19-9-5-4-6-10-19/h4-7,9-11,13,21H,8,12,14-18H2,1-3H3. The molecule has 2 amide bonds. The molecule has 2 fully saturated rings. The molecule has 0 saturated carbocycles. The van der Waals surface area contributed by atoms with Crippen LogP contribution in [-0.4, -0.2) is 65.1 Å². The van der Waals surface area contributed by atoms with Gasteiger partial charge in [-0.25, -0.2) is 9.78 Å². The van der Waals surface area contributed by atoms with Gasteiger partial charge in [-0.1, -0.05) is 24.3 Å². The van der Waals surface area contributed by atoms with Gasteiger partial charge in [-0.05, 0) is 51.8 Å². The fourth-order valence-electron chi connectivity index (χ4n) is 4.44. The molecular weight excluding hydrogens is 404 g/mol. The molecule has 170 valence electrons. The van der Waals surface area contributed by atoms with E-state index in [1.807, 2.05) is 62.1 Å². The average molecular weight is 437 g/mol. The maximum atomic E-state index is 13.2. The average Bonchev–Trinajstić information content (AvgIpc) is 3.28. The van der Waals surface area contributed by atoms with Crippen molar-refractivity contribution in [3.63, 3.8) is 0 Å². The monoisotopic (exact) mass is 436 g/mol. The van der Waals surface area contributed by atoms with Gasteiger partial charge in [0.1, 0.15) is 11.4 Å². The molecular formula is C25H32N4O3. The van der Waals surface area contributed by atoms with Crippen LogP contribution in [0.25, 0.3) is 0 Å². The second-order valence-corrected chi connectivity index (χ2v) is 9.39. The molecule has 1 aromatic heterocycles. The summed E-state index contributed by atoms with van der Waals surface area (Å²) in [4.78, 5) is 36.2.